The molecule has 0 heterocycles. The third-order valence-electron chi connectivity index (χ3n) is 4.29. The van der Waals surface area contributed by atoms with Gasteiger partial charge in [-0.3, -0.25) is 4.79 Å². The number of amides is 1. The van der Waals surface area contributed by atoms with Gasteiger partial charge in [0.05, 0.1) is 16.5 Å². The van der Waals surface area contributed by atoms with Crippen molar-refractivity contribution in [1.29, 1.82) is 5.26 Å². The summed E-state index contributed by atoms with van der Waals surface area (Å²) in [5, 5.41) is 11.8. The average Bonchev–Trinajstić information content (AvgIpc) is 2.61. The first-order valence-electron chi connectivity index (χ1n) is 8.32. The molecule has 8 nitrogen and oxygen atoms in total. The second-order valence-corrected chi connectivity index (χ2v) is 8.97. The number of rotatable bonds is 7. The molecule has 0 bridgehead atoms. The molecule has 0 aromatic heterocycles. The fourth-order valence-corrected chi connectivity index (χ4v) is 2.82. The van der Waals surface area contributed by atoms with Crippen LogP contribution in [0.2, 0.25) is 0 Å². The van der Waals surface area contributed by atoms with Gasteiger partial charge in [0.15, 0.2) is 6.10 Å². The number of esters is 1. The molecule has 9 heteroatoms. The van der Waals surface area contributed by atoms with E-state index in [4.69, 9.17) is 4.74 Å². The number of nitrogens with one attached hydrogen (secondary N) is 1. The zero-order valence-corrected chi connectivity index (χ0v) is 17.1. The SMILES string of the molecule is CC(C)[C@@](C)(C#N)NC(=O)[C@@H](C)OC(=O)c1ccc(S(=O)(=O)N(C)C)cc1. The monoisotopic (exact) mass is 395 g/mol. The molecular weight excluding hydrogens is 370 g/mol. The van der Waals surface area contributed by atoms with Gasteiger partial charge in [0, 0.05) is 14.1 Å². The minimum absolute atomic E-state index is 0.0385. The molecule has 1 aromatic rings. The van der Waals surface area contributed by atoms with Crippen LogP contribution in [0.3, 0.4) is 0 Å². The summed E-state index contributed by atoms with van der Waals surface area (Å²) >= 11 is 0. The Kier molecular flexibility index (Phi) is 7.11. The van der Waals surface area contributed by atoms with E-state index in [1.54, 1.807) is 20.8 Å². The molecule has 27 heavy (non-hydrogen) atoms. The molecule has 0 radical (unpaired) electrons. The number of nitriles is 1. The summed E-state index contributed by atoms with van der Waals surface area (Å²) in [5.41, 5.74) is -0.973. The molecule has 1 N–H and O–H groups in total. The molecule has 1 rings (SSSR count). The molecule has 1 aromatic carbocycles. The van der Waals surface area contributed by atoms with Crippen molar-refractivity contribution in [3.63, 3.8) is 0 Å². The second-order valence-electron chi connectivity index (χ2n) is 6.82. The van der Waals surface area contributed by atoms with Crippen LogP contribution in [0.15, 0.2) is 29.2 Å². The van der Waals surface area contributed by atoms with Gasteiger partial charge in [0.1, 0.15) is 5.54 Å². The van der Waals surface area contributed by atoms with E-state index in [0.29, 0.717) is 0 Å². The zero-order valence-electron chi connectivity index (χ0n) is 16.3. The zero-order chi connectivity index (χ0) is 21.0. The van der Waals surface area contributed by atoms with Gasteiger partial charge < -0.3 is 10.1 Å². The van der Waals surface area contributed by atoms with E-state index in [0.717, 1.165) is 4.31 Å². The van der Waals surface area contributed by atoms with Gasteiger partial charge in [-0.2, -0.15) is 5.26 Å². The lowest BCUT2D eigenvalue weighted by atomic mass is 9.90. The van der Waals surface area contributed by atoms with Crippen LogP contribution >= 0.6 is 0 Å². The molecule has 0 saturated carbocycles. The first kappa shape index (κ1) is 22.6. The van der Waals surface area contributed by atoms with Crippen molar-refractivity contribution < 1.29 is 22.7 Å². The largest absolute Gasteiger partial charge is 0.449 e. The highest BCUT2D eigenvalue weighted by Crippen LogP contribution is 2.17. The Morgan fingerprint density at radius 2 is 1.70 bits per heavy atom. The molecular formula is C18H25N3O5S. The van der Waals surface area contributed by atoms with Crippen molar-refractivity contribution in [2.75, 3.05) is 14.1 Å². The Labute approximate surface area is 160 Å². The first-order valence-corrected chi connectivity index (χ1v) is 9.76. The predicted octanol–water partition coefficient (Wildman–Crippen LogP) is 1.54. The van der Waals surface area contributed by atoms with E-state index >= 15 is 0 Å². The summed E-state index contributed by atoms with van der Waals surface area (Å²) < 4.78 is 30.2. The topological polar surface area (TPSA) is 117 Å². The van der Waals surface area contributed by atoms with Gasteiger partial charge >= 0.3 is 5.97 Å². The van der Waals surface area contributed by atoms with E-state index in [1.807, 2.05) is 6.07 Å². The molecule has 1 amide bonds. The molecule has 148 valence electrons. The number of benzene rings is 1. The summed E-state index contributed by atoms with van der Waals surface area (Å²) in [6, 6.07) is 7.27. The van der Waals surface area contributed by atoms with Crippen molar-refractivity contribution in [2.24, 2.45) is 5.92 Å². The smallest absolute Gasteiger partial charge is 0.338 e. The fourth-order valence-electron chi connectivity index (χ4n) is 1.91. The second kappa shape index (κ2) is 8.50. The summed E-state index contributed by atoms with van der Waals surface area (Å²) in [6.45, 7) is 6.58. The highest BCUT2D eigenvalue weighted by Gasteiger charge is 2.32. The van der Waals surface area contributed by atoms with Crippen LogP contribution in [0.5, 0.6) is 0 Å². The fraction of sp³-hybridized carbons (Fsp3) is 0.500. The Hall–Kier alpha value is -2.44. The molecule has 0 aliphatic rings. The lowest BCUT2D eigenvalue weighted by molar-refractivity contribution is -0.130. The van der Waals surface area contributed by atoms with E-state index in [1.165, 1.54) is 45.3 Å². The van der Waals surface area contributed by atoms with E-state index < -0.39 is 33.5 Å². The van der Waals surface area contributed by atoms with Crippen molar-refractivity contribution in [3.8, 4) is 6.07 Å². The number of hydrogen-bond donors (Lipinski definition) is 1. The van der Waals surface area contributed by atoms with Crippen LogP contribution in [-0.4, -0.2) is 50.3 Å². The number of ether oxygens (including phenoxy) is 1. The molecule has 0 saturated heterocycles. The Morgan fingerprint density at radius 3 is 2.11 bits per heavy atom. The highest BCUT2D eigenvalue weighted by atomic mass is 32.2. The van der Waals surface area contributed by atoms with Gasteiger partial charge in [-0.05, 0) is 44.0 Å². The quantitative estimate of drug-likeness (QED) is 0.700. The third kappa shape index (κ3) is 5.28. The lowest BCUT2D eigenvalue weighted by Crippen LogP contribution is -2.52. The molecule has 0 aliphatic carbocycles. The van der Waals surface area contributed by atoms with Crippen molar-refractivity contribution >= 4 is 21.9 Å². The standard InChI is InChI=1S/C18H25N3O5S/c1-12(2)18(4,11-19)20-16(22)13(3)26-17(23)14-7-9-15(10-8-14)27(24,25)21(5)6/h7-10,12-13H,1-6H3,(H,20,22)/t13-,18-/m1/s1. The van der Waals surface area contributed by atoms with Crippen LogP contribution < -0.4 is 5.32 Å². The minimum atomic E-state index is -3.60. The Morgan fingerprint density at radius 1 is 1.19 bits per heavy atom. The van der Waals surface area contributed by atoms with Crippen LogP contribution in [0.25, 0.3) is 0 Å². The third-order valence-corrected chi connectivity index (χ3v) is 6.12. The number of nitrogens with zero attached hydrogens (tertiary/aromatic N) is 2. The maximum atomic E-state index is 12.2. The normalized spacial score (nSPS) is 14.9. The Balaban J connectivity index is 2.84. The van der Waals surface area contributed by atoms with Crippen molar-refractivity contribution in [2.45, 2.75) is 44.2 Å². The van der Waals surface area contributed by atoms with Gasteiger partial charge in [-0.25, -0.2) is 17.5 Å². The van der Waals surface area contributed by atoms with Crippen LogP contribution in [0.4, 0.5) is 0 Å². The number of carbonyl (C=O) groups excluding carboxylic acids is 2. The van der Waals surface area contributed by atoms with Gasteiger partial charge in [0.25, 0.3) is 5.91 Å². The highest BCUT2D eigenvalue weighted by molar-refractivity contribution is 7.89. The summed E-state index contributed by atoms with van der Waals surface area (Å²) in [7, 11) is -0.787. The van der Waals surface area contributed by atoms with Gasteiger partial charge in [-0.15, -0.1) is 0 Å². The van der Waals surface area contributed by atoms with E-state index in [9.17, 15) is 23.3 Å². The van der Waals surface area contributed by atoms with Crippen LogP contribution in [0.1, 0.15) is 38.1 Å². The maximum absolute atomic E-state index is 12.2. The van der Waals surface area contributed by atoms with Crippen molar-refractivity contribution in [3.05, 3.63) is 29.8 Å². The number of hydrogen-bond acceptors (Lipinski definition) is 6. The lowest BCUT2D eigenvalue weighted by Gasteiger charge is -2.28. The van der Waals surface area contributed by atoms with Crippen LogP contribution in [0, 0.1) is 17.2 Å². The maximum Gasteiger partial charge on any atom is 0.338 e. The predicted molar refractivity (Wildman–Crippen MR) is 99.2 cm³/mol. The summed E-state index contributed by atoms with van der Waals surface area (Å²) in [4.78, 5) is 24.5. The van der Waals surface area contributed by atoms with E-state index in [-0.39, 0.29) is 16.4 Å². The molecule has 0 aliphatic heterocycles. The first-order chi connectivity index (χ1) is 12.3. The molecule has 2 atom stereocenters. The average molecular weight is 395 g/mol. The molecule has 0 unspecified atom stereocenters. The molecule has 0 fully saturated rings. The van der Waals surface area contributed by atoms with Gasteiger partial charge in [-0.1, -0.05) is 13.8 Å². The molecule has 0 spiro atoms. The summed E-state index contributed by atoms with van der Waals surface area (Å²) in [5.74, 6) is -1.50. The van der Waals surface area contributed by atoms with Crippen molar-refractivity contribution in [1.82, 2.24) is 9.62 Å². The minimum Gasteiger partial charge on any atom is -0.449 e. The number of carbonyl (C=O) groups is 2. The summed E-state index contributed by atoms with van der Waals surface area (Å²) in [6.07, 6.45) is -1.12. The van der Waals surface area contributed by atoms with E-state index in [2.05, 4.69) is 5.32 Å². The Bertz CT molecular complexity index is 841. The van der Waals surface area contributed by atoms with Crippen LogP contribution in [-0.2, 0) is 19.6 Å². The number of sulfonamides is 1. The van der Waals surface area contributed by atoms with Gasteiger partial charge in [0.2, 0.25) is 10.0 Å².